The minimum absolute atomic E-state index is 0.344. The Morgan fingerprint density at radius 3 is 2.42 bits per heavy atom. The number of anilines is 1. The molecule has 1 aromatic rings. The number of rotatable bonds is 4. The summed E-state index contributed by atoms with van der Waals surface area (Å²) in [5.41, 5.74) is 0.907. The average Bonchev–Trinajstić information content (AvgIpc) is 2.32. The maximum absolute atomic E-state index is 11.9. The molecular weight excluding hydrogens is 332 g/mol. The van der Waals surface area contributed by atoms with E-state index < -0.39 is 26.2 Å². The first kappa shape index (κ1) is 16.1. The zero-order valence-electron chi connectivity index (χ0n) is 11.3. The fourth-order valence-electron chi connectivity index (χ4n) is 1.39. The van der Waals surface area contributed by atoms with Crippen LogP contribution in [0.5, 0.6) is 0 Å². The summed E-state index contributed by atoms with van der Waals surface area (Å²) in [6.45, 7) is 6.36. The van der Waals surface area contributed by atoms with Gasteiger partial charge in [-0.25, -0.2) is 13.4 Å². The van der Waals surface area contributed by atoms with E-state index in [1.165, 1.54) is 6.92 Å². The van der Waals surface area contributed by atoms with Gasteiger partial charge in [-0.2, -0.15) is 0 Å². The molecule has 0 saturated carbocycles. The van der Waals surface area contributed by atoms with E-state index in [-0.39, 0.29) is 0 Å². The molecule has 0 fully saturated rings. The molecule has 1 aromatic heterocycles. The molecule has 0 saturated heterocycles. The Morgan fingerprint density at radius 1 is 1.37 bits per heavy atom. The van der Waals surface area contributed by atoms with Crippen LogP contribution in [0.4, 0.5) is 5.82 Å². The SMILES string of the molecule is Cc1cc(NC(=O)C(C)S(=O)(=O)C(C)C)ncc1Br. The Labute approximate surface area is 121 Å². The van der Waals surface area contributed by atoms with Crippen molar-refractivity contribution in [2.75, 3.05) is 5.32 Å². The lowest BCUT2D eigenvalue weighted by molar-refractivity contribution is -0.115. The van der Waals surface area contributed by atoms with Crippen LogP contribution in [0.2, 0.25) is 0 Å². The van der Waals surface area contributed by atoms with Crippen LogP contribution in [0.3, 0.4) is 0 Å². The minimum atomic E-state index is -3.46. The van der Waals surface area contributed by atoms with Gasteiger partial charge in [0.15, 0.2) is 9.84 Å². The van der Waals surface area contributed by atoms with E-state index in [1.54, 1.807) is 26.1 Å². The number of amides is 1. The first-order chi connectivity index (χ1) is 8.66. The van der Waals surface area contributed by atoms with Crippen LogP contribution >= 0.6 is 15.9 Å². The zero-order chi connectivity index (χ0) is 14.8. The second-order valence-electron chi connectivity index (χ2n) is 4.59. The highest BCUT2D eigenvalue weighted by Gasteiger charge is 2.30. The molecule has 5 nitrogen and oxygen atoms in total. The average molecular weight is 349 g/mol. The molecule has 0 bridgehead atoms. The molecule has 1 amide bonds. The van der Waals surface area contributed by atoms with Crippen LogP contribution in [0.1, 0.15) is 26.3 Å². The van der Waals surface area contributed by atoms with Gasteiger partial charge in [-0.15, -0.1) is 0 Å². The van der Waals surface area contributed by atoms with Gasteiger partial charge in [0.25, 0.3) is 0 Å². The Morgan fingerprint density at radius 2 is 1.95 bits per heavy atom. The van der Waals surface area contributed by atoms with E-state index in [9.17, 15) is 13.2 Å². The second-order valence-corrected chi connectivity index (χ2v) is 8.27. The summed E-state index contributed by atoms with van der Waals surface area (Å²) in [5.74, 6) is -0.223. The lowest BCUT2D eigenvalue weighted by Gasteiger charge is -2.15. The standard InChI is InChI=1S/C12H17BrN2O3S/c1-7(2)19(17,18)9(4)12(16)15-11-5-8(3)10(13)6-14-11/h5-7,9H,1-4H3,(H,14,15,16). The fourth-order valence-corrected chi connectivity index (χ4v) is 2.78. The molecule has 106 valence electrons. The summed E-state index contributed by atoms with van der Waals surface area (Å²) < 4.78 is 24.6. The van der Waals surface area contributed by atoms with E-state index in [0.717, 1.165) is 10.0 Å². The molecule has 1 rings (SSSR count). The molecule has 0 aliphatic heterocycles. The number of sulfone groups is 1. The zero-order valence-corrected chi connectivity index (χ0v) is 13.7. The van der Waals surface area contributed by atoms with Crippen molar-refractivity contribution in [2.45, 2.75) is 38.2 Å². The van der Waals surface area contributed by atoms with Gasteiger partial charge in [0.1, 0.15) is 11.1 Å². The Balaban J connectivity index is 2.88. The number of carbonyl (C=O) groups excluding carboxylic acids is 1. The highest BCUT2D eigenvalue weighted by Crippen LogP contribution is 2.18. The second kappa shape index (κ2) is 6.00. The van der Waals surface area contributed by atoms with Crippen LogP contribution in [0.25, 0.3) is 0 Å². The normalized spacial score (nSPS) is 13.4. The Bertz CT molecular complexity index is 585. The van der Waals surface area contributed by atoms with Crippen molar-refractivity contribution < 1.29 is 13.2 Å². The predicted octanol–water partition coefficient (Wildman–Crippen LogP) is 2.30. The van der Waals surface area contributed by atoms with Gasteiger partial charge in [0, 0.05) is 10.7 Å². The van der Waals surface area contributed by atoms with E-state index in [2.05, 4.69) is 26.2 Å². The topological polar surface area (TPSA) is 76.1 Å². The lowest BCUT2D eigenvalue weighted by atomic mass is 10.3. The summed E-state index contributed by atoms with van der Waals surface area (Å²) in [7, 11) is -3.46. The van der Waals surface area contributed by atoms with Crippen LogP contribution in [-0.4, -0.2) is 29.8 Å². The first-order valence-corrected chi connectivity index (χ1v) is 8.22. The van der Waals surface area contributed by atoms with Crippen LogP contribution < -0.4 is 5.32 Å². The molecule has 0 radical (unpaired) electrons. The smallest absolute Gasteiger partial charge is 0.243 e. The highest BCUT2D eigenvalue weighted by atomic mass is 79.9. The largest absolute Gasteiger partial charge is 0.310 e. The molecule has 0 aliphatic rings. The number of halogens is 1. The molecular formula is C12H17BrN2O3S. The number of carbonyl (C=O) groups is 1. The molecule has 1 atom stereocenters. The molecule has 19 heavy (non-hydrogen) atoms. The van der Waals surface area contributed by atoms with Gasteiger partial charge in [0.2, 0.25) is 5.91 Å². The maximum atomic E-state index is 11.9. The number of pyridine rings is 1. The minimum Gasteiger partial charge on any atom is -0.310 e. The molecule has 0 aliphatic carbocycles. The van der Waals surface area contributed by atoms with Crippen molar-refractivity contribution in [2.24, 2.45) is 0 Å². The fraction of sp³-hybridized carbons (Fsp3) is 0.500. The summed E-state index contributed by atoms with van der Waals surface area (Å²) in [6, 6.07) is 1.68. The first-order valence-electron chi connectivity index (χ1n) is 5.82. The van der Waals surface area contributed by atoms with Gasteiger partial charge in [0.05, 0.1) is 5.25 Å². The van der Waals surface area contributed by atoms with E-state index in [4.69, 9.17) is 0 Å². The quantitative estimate of drug-likeness (QED) is 0.905. The van der Waals surface area contributed by atoms with Crippen LogP contribution in [-0.2, 0) is 14.6 Å². The summed E-state index contributed by atoms with van der Waals surface area (Å²) >= 11 is 3.30. The number of nitrogens with zero attached hydrogens (tertiary/aromatic N) is 1. The third-order valence-electron chi connectivity index (χ3n) is 2.82. The lowest BCUT2D eigenvalue weighted by Crippen LogP contribution is -2.36. The molecule has 7 heteroatoms. The van der Waals surface area contributed by atoms with Crippen molar-refractivity contribution in [3.63, 3.8) is 0 Å². The number of aryl methyl sites for hydroxylation is 1. The number of aromatic nitrogens is 1. The molecule has 1 N–H and O–H groups in total. The monoisotopic (exact) mass is 348 g/mol. The maximum Gasteiger partial charge on any atom is 0.243 e. The molecule has 1 unspecified atom stereocenters. The summed E-state index contributed by atoms with van der Waals surface area (Å²) in [4.78, 5) is 15.9. The third-order valence-corrected chi connectivity index (χ3v) is 6.16. The van der Waals surface area contributed by atoms with Gasteiger partial charge in [-0.1, -0.05) is 0 Å². The summed E-state index contributed by atoms with van der Waals surface area (Å²) in [6.07, 6.45) is 1.56. The van der Waals surface area contributed by atoms with Crippen molar-refractivity contribution in [1.29, 1.82) is 0 Å². The van der Waals surface area contributed by atoms with E-state index in [0.29, 0.717) is 5.82 Å². The van der Waals surface area contributed by atoms with E-state index in [1.807, 2.05) is 6.92 Å². The van der Waals surface area contributed by atoms with Gasteiger partial charge in [-0.05, 0) is 55.3 Å². The predicted molar refractivity (Wildman–Crippen MR) is 78.8 cm³/mol. The number of nitrogens with one attached hydrogen (secondary N) is 1. The van der Waals surface area contributed by atoms with Crippen molar-refractivity contribution in [3.05, 3.63) is 22.3 Å². The van der Waals surface area contributed by atoms with Crippen molar-refractivity contribution >= 4 is 37.5 Å². The van der Waals surface area contributed by atoms with Crippen molar-refractivity contribution in [1.82, 2.24) is 4.98 Å². The molecule has 1 heterocycles. The van der Waals surface area contributed by atoms with Crippen molar-refractivity contribution in [3.8, 4) is 0 Å². The van der Waals surface area contributed by atoms with Gasteiger partial charge < -0.3 is 5.32 Å². The van der Waals surface area contributed by atoms with Gasteiger partial charge in [-0.3, -0.25) is 4.79 Å². The van der Waals surface area contributed by atoms with Gasteiger partial charge >= 0.3 is 0 Å². The van der Waals surface area contributed by atoms with E-state index >= 15 is 0 Å². The highest BCUT2D eigenvalue weighted by molar-refractivity contribution is 9.10. The van der Waals surface area contributed by atoms with Crippen LogP contribution in [0.15, 0.2) is 16.7 Å². The molecule has 0 spiro atoms. The van der Waals surface area contributed by atoms with Crippen LogP contribution in [0, 0.1) is 6.92 Å². The number of hydrogen-bond acceptors (Lipinski definition) is 4. The third kappa shape index (κ3) is 3.76. The Hall–Kier alpha value is -0.950. The Kier molecular flexibility index (Phi) is 5.09. The number of hydrogen-bond donors (Lipinski definition) is 1. The molecule has 0 aromatic carbocycles. The summed E-state index contributed by atoms with van der Waals surface area (Å²) in [5, 5.41) is 0.832.